The third-order valence-electron chi connectivity index (χ3n) is 4.12. The van der Waals surface area contributed by atoms with Crippen LogP contribution in [0.4, 0.5) is 13.2 Å². The van der Waals surface area contributed by atoms with Crippen LogP contribution in [-0.2, 0) is 11.9 Å². The van der Waals surface area contributed by atoms with E-state index < -0.39 is 11.9 Å². The summed E-state index contributed by atoms with van der Waals surface area (Å²) in [6, 6.07) is 13.9. The molecule has 1 aromatic heterocycles. The number of hydrogen-bond donors (Lipinski definition) is 0. The van der Waals surface area contributed by atoms with E-state index in [0.29, 0.717) is 11.5 Å². The van der Waals surface area contributed by atoms with Crippen LogP contribution >= 0.6 is 11.8 Å². The quantitative estimate of drug-likeness (QED) is 0.359. The molecule has 0 fully saturated rings. The van der Waals surface area contributed by atoms with Crippen LogP contribution in [0.5, 0.6) is 11.6 Å². The number of aromatic nitrogens is 2. The molecule has 0 atom stereocenters. The van der Waals surface area contributed by atoms with Crippen molar-refractivity contribution in [2.45, 2.75) is 37.9 Å². The van der Waals surface area contributed by atoms with Gasteiger partial charge in [0, 0.05) is 11.8 Å². The van der Waals surface area contributed by atoms with E-state index in [2.05, 4.69) is 9.97 Å². The maximum absolute atomic E-state index is 13.3. The lowest BCUT2D eigenvalue weighted by Gasteiger charge is -2.12. The van der Waals surface area contributed by atoms with Gasteiger partial charge in [0.05, 0.1) is 0 Å². The van der Waals surface area contributed by atoms with E-state index >= 15 is 0 Å². The number of halogens is 3. The summed E-state index contributed by atoms with van der Waals surface area (Å²) in [5.41, 5.74) is 3.11. The van der Waals surface area contributed by atoms with Gasteiger partial charge in [-0.1, -0.05) is 47.7 Å². The van der Waals surface area contributed by atoms with Crippen molar-refractivity contribution in [1.29, 1.82) is 0 Å². The Bertz CT molecular complexity index is 990. The maximum atomic E-state index is 13.3. The Hall–Kier alpha value is -2.54. The number of nitrogens with zero attached hydrogens (tertiary/aromatic N) is 2. The molecule has 0 N–H and O–H groups in total. The Morgan fingerprint density at radius 2 is 1.71 bits per heavy atom. The molecule has 0 amide bonds. The van der Waals surface area contributed by atoms with Crippen LogP contribution in [-0.4, -0.2) is 9.97 Å². The van der Waals surface area contributed by atoms with E-state index in [4.69, 9.17) is 4.74 Å². The average Bonchev–Trinajstić information content (AvgIpc) is 2.62. The van der Waals surface area contributed by atoms with Gasteiger partial charge in [-0.2, -0.15) is 18.2 Å². The van der Waals surface area contributed by atoms with Crippen molar-refractivity contribution in [3.63, 3.8) is 0 Å². The summed E-state index contributed by atoms with van der Waals surface area (Å²) >= 11 is 1.14. The van der Waals surface area contributed by atoms with Gasteiger partial charge < -0.3 is 4.74 Å². The van der Waals surface area contributed by atoms with E-state index in [1.165, 1.54) is 0 Å². The van der Waals surface area contributed by atoms with E-state index in [9.17, 15) is 13.2 Å². The second-order valence-electron chi connectivity index (χ2n) is 6.50. The van der Waals surface area contributed by atoms with Crippen molar-refractivity contribution in [2.24, 2.45) is 0 Å². The largest absolute Gasteiger partial charge is 0.439 e. The van der Waals surface area contributed by atoms with Crippen LogP contribution in [0.1, 0.15) is 27.9 Å². The number of alkyl halides is 3. The maximum Gasteiger partial charge on any atom is 0.433 e. The highest BCUT2D eigenvalue weighted by atomic mass is 32.2. The third kappa shape index (κ3) is 5.25. The summed E-state index contributed by atoms with van der Waals surface area (Å²) < 4.78 is 45.4. The van der Waals surface area contributed by atoms with Crippen LogP contribution in [0.3, 0.4) is 0 Å². The normalized spacial score (nSPS) is 11.5. The molecule has 3 aromatic rings. The predicted octanol–water partition coefficient (Wildman–Crippen LogP) is 6.51. The molecular weight excluding hydrogens is 385 g/mol. The van der Waals surface area contributed by atoms with Gasteiger partial charge in [0.15, 0.2) is 10.9 Å². The zero-order valence-electron chi connectivity index (χ0n) is 15.7. The minimum atomic E-state index is -4.58. The number of aryl methyl sites for hydroxylation is 3. The Morgan fingerprint density at radius 1 is 0.929 bits per heavy atom. The molecule has 0 aliphatic rings. The fraction of sp³-hybridized carbons (Fsp3) is 0.238. The van der Waals surface area contributed by atoms with Crippen molar-refractivity contribution in [3.05, 3.63) is 76.5 Å². The molecule has 2 aromatic carbocycles. The van der Waals surface area contributed by atoms with Gasteiger partial charge >= 0.3 is 6.18 Å². The summed E-state index contributed by atoms with van der Waals surface area (Å²) in [4.78, 5) is 7.82. The summed E-state index contributed by atoms with van der Waals surface area (Å²) in [5, 5.41) is 0.0233. The van der Waals surface area contributed by atoms with Crippen molar-refractivity contribution in [3.8, 4) is 11.6 Å². The topological polar surface area (TPSA) is 35.0 Å². The van der Waals surface area contributed by atoms with Gasteiger partial charge in [-0.25, -0.2) is 4.98 Å². The lowest BCUT2D eigenvalue weighted by Crippen LogP contribution is -2.10. The van der Waals surface area contributed by atoms with Crippen LogP contribution < -0.4 is 4.74 Å². The van der Waals surface area contributed by atoms with Crippen molar-refractivity contribution in [2.75, 3.05) is 0 Å². The highest BCUT2D eigenvalue weighted by Crippen LogP contribution is 2.33. The molecule has 0 saturated heterocycles. The van der Waals surface area contributed by atoms with E-state index in [-0.39, 0.29) is 11.0 Å². The first-order valence-corrected chi connectivity index (χ1v) is 9.59. The lowest BCUT2D eigenvalue weighted by atomic mass is 10.1. The van der Waals surface area contributed by atoms with Gasteiger partial charge in [-0.05, 0) is 49.6 Å². The van der Waals surface area contributed by atoms with Crippen molar-refractivity contribution in [1.82, 2.24) is 9.97 Å². The first-order valence-electron chi connectivity index (χ1n) is 8.60. The first-order chi connectivity index (χ1) is 13.2. The van der Waals surface area contributed by atoms with E-state index in [1.807, 2.05) is 51.1 Å². The Balaban J connectivity index is 1.87. The molecule has 0 aliphatic carbocycles. The number of ether oxygens (including phenoxy) is 1. The molecule has 0 saturated carbocycles. The average molecular weight is 404 g/mol. The van der Waals surface area contributed by atoms with Gasteiger partial charge in [0.25, 0.3) is 0 Å². The smallest absolute Gasteiger partial charge is 0.433 e. The summed E-state index contributed by atoms with van der Waals surface area (Å²) in [7, 11) is 0. The SMILES string of the molecule is Cc1cccc(CSc2nc(Oc3ccc(C)c(C)c3)cc(C(F)(F)F)n2)c1. The Labute approximate surface area is 166 Å². The van der Waals surface area contributed by atoms with E-state index in [1.54, 1.807) is 12.1 Å². The highest BCUT2D eigenvalue weighted by molar-refractivity contribution is 7.98. The van der Waals surface area contributed by atoms with Gasteiger partial charge in [-0.15, -0.1) is 0 Å². The minimum Gasteiger partial charge on any atom is -0.439 e. The summed E-state index contributed by atoms with van der Waals surface area (Å²) in [6.07, 6.45) is -4.58. The number of rotatable bonds is 5. The molecule has 0 unspecified atom stereocenters. The molecule has 0 aliphatic heterocycles. The number of hydrogen-bond acceptors (Lipinski definition) is 4. The molecule has 146 valence electrons. The Morgan fingerprint density at radius 3 is 2.39 bits per heavy atom. The standard InChI is InChI=1S/C21H19F3N2OS/c1-13-5-4-6-16(9-13)12-28-20-25-18(21(22,23)24)11-19(26-20)27-17-8-7-14(2)15(3)10-17/h4-11H,12H2,1-3H3. The van der Waals surface area contributed by atoms with Crippen molar-refractivity contribution < 1.29 is 17.9 Å². The summed E-state index contributed by atoms with van der Waals surface area (Å²) in [6.45, 7) is 5.82. The zero-order chi connectivity index (χ0) is 20.3. The molecule has 3 nitrogen and oxygen atoms in total. The summed E-state index contributed by atoms with van der Waals surface area (Å²) in [5.74, 6) is 0.772. The zero-order valence-corrected chi connectivity index (χ0v) is 16.5. The van der Waals surface area contributed by atoms with Gasteiger partial charge in [0.2, 0.25) is 5.88 Å². The predicted molar refractivity (Wildman–Crippen MR) is 104 cm³/mol. The molecule has 1 heterocycles. The number of benzene rings is 2. The van der Waals surface area contributed by atoms with Gasteiger partial charge in [-0.3, -0.25) is 0 Å². The fourth-order valence-corrected chi connectivity index (χ4v) is 3.31. The Kier molecular flexibility index (Phi) is 5.93. The molecule has 7 heteroatoms. The minimum absolute atomic E-state index is 0.0233. The van der Waals surface area contributed by atoms with Gasteiger partial charge in [0.1, 0.15) is 5.75 Å². The van der Waals surface area contributed by atoms with Crippen molar-refractivity contribution >= 4 is 11.8 Å². The monoisotopic (exact) mass is 404 g/mol. The first kappa shape index (κ1) is 20.2. The second kappa shape index (κ2) is 8.22. The lowest BCUT2D eigenvalue weighted by molar-refractivity contribution is -0.141. The molecule has 0 spiro atoms. The van der Waals surface area contributed by atoms with E-state index in [0.717, 1.165) is 40.1 Å². The molecule has 0 radical (unpaired) electrons. The number of thioether (sulfide) groups is 1. The fourth-order valence-electron chi connectivity index (χ4n) is 2.51. The molecule has 0 bridgehead atoms. The molecule has 28 heavy (non-hydrogen) atoms. The van der Waals surface area contributed by atoms with Crippen LogP contribution in [0.15, 0.2) is 53.7 Å². The van der Waals surface area contributed by atoms with Crippen LogP contribution in [0, 0.1) is 20.8 Å². The third-order valence-corrected chi connectivity index (χ3v) is 5.04. The molecular formula is C21H19F3N2OS. The second-order valence-corrected chi connectivity index (χ2v) is 7.44. The highest BCUT2D eigenvalue weighted by Gasteiger charge is 2.34. The van der Waals surface area contributed by atoms with Crippen LogP contribution in [0.25, 0.3) is 0 Å². The van der Waals surface area contributed by atoms with Crippen LogP contribution in [0.2, 0.25) is 0 Å². The molecule has 3 rings (SSSR count).